The van der Waals surface area contributed by atoms with Crippen molar-refractivity contribution in [2.24, 2.45) is 5.92 Å². The molecule has 2 aliphatic heterocycles. The van der Waals surface area contributed by atoms with E-state index in [9.17, 15) is 5.11 Å². The molecule has 2 aliphatic rings. The number of ether oxygens (including phenoxy) is 2. The van der Waals surface area contributed by atoms with E-state index in [1.54, 1.807) is 7.11 Å². The summed E-state index contributed by atoms with van der Waals surface area (Å²) in [7, 11) is 1.68. The lowest BCUT2D eigenvalue weighted by molar-refractivity contribution is 0.144. The lowest BCUT2D eigenvalue weighted by atomic mass is 9.93. The monoisotopic (exact) mass is 375 g/mol. The van der Waals surface area contributed by atoms with Gasteiger partial charge in [0, 0.05) is 13.1 Å². The van der Waals surface area contributed by atoms with E-state index in [2.05, 4.69) is 25.8 Å². The van der Waals surface area contributed by atoms with Gasteiger partial charge in [0.2, 0.25) is 0 Å². The second-order valence-corrected chi connectivity index (χ2v) is 7.66. The van der Waals surface area contributed by atoms with Crippen molar-refractivity contribution in [3.05, 3.63) is 35.5 Å². The highest BCUT2D eigenvalue weighted by Gasteiger charge is 2.42. The van der Waals surface area contributed by atoms with Crippen LogP contribution in [0.1, 0.15) is 36.6 Å². The Balaban J connectivity index is 1.30. The predicted molar refractivity (Wildman–Crippen MR) is 99.8 cm³/mol. The standard InChI is InChI=1S/C19H25N3O3S/c1-24-15-7-4-13(5-8-15)3-2-10-25-19-18(20-26-21-19)16-9-6-14-11-22(16)12-17(14)23/h4-5,7-8,14,16-17,23H,2-3,6,9-12H2,1H3. The molecular formula is C19H25N3O3S. The summed E-state index contributed by atoms with van der Waals surface area (Å²) in [5, 5.41) is 10.1. The zero-order valence-electron chi connectivity index (χ0n) is 15.0. The van der Waals surface area contributed by atoms with Gasteiger partial charge < -0.3 is 14.6 Å². The van der Waals surface area contributed by atoms with Crippen molar-refractivity contribution in [2.75, 3.05) is 26.8 Å². The van der Waals surface area contributed by atoms with Crippen molar-refractivity contribution in [3.8, 4) is 11.6 Å². The Bertz CT molecular complexity index is 719. The van der Waals surface area contributed by atoms with Gasteiger partial charge in [0.1, 0.15) is 11.4 Å². The summed E-state index contributed by atoms with van der Waals surface area (Å²) in [5.41, 5.74) is 2.22. The number of fused-ring (bicyclic) bond motifs is 2. The zero-order valence-corrected chi connectivity index (χ0v) is 15.8. The average Bonchev–Trinajstić information content (AvgIpc) is 3.24. The van der Waals surface area contributed by atoms with Crippen LogP contribution in [0.15, 0.2) is 24.3 Å². The van der Waals surface area contributed by atoms with Gasteiger partial charge in [-0.1, -0.05) is 12.1 Å². The molecule has 2 fully saturated rings. The first-order valence-corrected chi connectivity index (χ1v) is 9.98. The zero-order chi connectivity index (χ0) is 17.9. The molecular weight excluding hydrogens is 350 g/mol. The van der Waals surface area contributed by atoms with E-state index in [0.717, 1.165) is 50.2 Å². The van der Waals surface area contributed by atoms with Crippen molar-refractivity contribution < 1.29 is 14.6 Å². The van der Waals surface area contributed by atoms with Gasteiger partial charge in [-0.15, -0.1) is 4.37 Å². The molecule has 4 atom stereocenters. The average molecular weight is 375 g/mol. The van der Waals surface area contributed by atoms with Gasteiger partial charge >= 0.3 is 0 Å². The summed E-state index contributed by atoms with van der Waals surface area (Å²) < 4.78 is 20.0. The Morgan fingerprint density at radius 3 is 2.85 bits per heavy atom. The number of nitrogens with zero attached hydrogens (tertiary/aromatic N) is 3. The largest absolute Gasteiger partial charge is 0.497 e. The van der Waals surface area contributed by atoms with Crippen molar-refractivity contribution in [1.29, 1.82) is 0 Å². The molecule has 26 heavy (non-hydrogen) atoms. The molecule has 2 saturated heterocycles. The molecule has 2 bridgehead atoms. The van der Waals surface area contributed by atoms with Crippen LogP contribution in [0.4, 0.5) is 0 Å². The molecule has 1 aromatic carbocycles. The SMILES string of the molecule is COc1ccc(CCCOc2nsnc2C2CCC3CN2CC3O)cc1. The molecule has 0 saturated carbocycles. The van der Waals surface area contributed by atoms with Gasteiger partial charge in [-0.3, -0.25) is 4.90 Å². The molecule has 1 aromatic heterocycles. The van der Waals surface area contributed by atoms with E-state index in [0.29, 0.717) is 18.4 Å². The molecule has 4 unspecified atom stereocenters. The van der Waals surface area contributed by atoms with Crippen molar-refractivity contribution in [3.63, 3.8) is 0 Å². The van der Waals surface area contributed by atoms with Crippen LogP contribution in [0, 0.1) is 5.92 Å². The van der Waals surface area contributed by atoms with Crippen LogP contribution >= 0.6 is 11.7 Å². The third-order valence-electron chi connectivity index (χ3n) is 5.49. The van der Waals surface area contributed by atoms with E-state index in [1.807, 2.05) is 12.1 Å². The Kier molecular flexibility index (Phi) is 5.38. The highest BCUT2D eigenvalue weighted by molar-refractivity contribution is 6.99. The molecule has 7 heteroatoms. The fourth-order valence-corrected chi connectivity index (χ4v) is 4.57. The Labute approximate surface area is 158 Å². The van der Waals surface area contributed by atoms with Crippen LogP contribution in [-0.2, 0) is 6.42 Å². The van der Waals surface area contributed by atoms with Crippen molar-refractivity contribution in [2.45, 2.75) is 37.8 Å². The van der Waals surface area contributed by atoms with Gasteiger partial charge in [0.05, 0.1) is 37.6 Å². The van der Waals surface area contributed by atoms with Crippen LogP contribution in [0.25, 0.3) is 0 Å². The lowest BCUT2D eigenvalue weighted by Gasteiger charge is -2.30. The first-order chi connectivity index (χ1) is 12.7. The summed E-state index contributed by atoms with van der Waals surface area (Å²) in [6.07, 6.45) is 3.77. The van der Waals surface area contributed by atoms with Crippen LogP contribution < -0.4 is 9.47 Å². The number of rotatable bonds is 7. The number of benzene rings is 1. The molecule has 140 valence electrons. The fraction of sp³-hybridized carbons (Fsp3) is 0.579. The number of aromatic nitrogens is 2. The van der Waals surface area contributed by atoms with Crippen LogP contribution in [0.2, 0.25) is 0 Å². The maximum absolute atomic E-state index is 10.1. The number of piperidine rings is 1. The molecule has 0 radical (unpaired) electrons. The smallest absolute Gasteiger partial charge is 0.250 e. The number of methoxy groups -OCH3 is 1. The molecule has 0 aliphatic carbocycles. The molecule has 6 nitrogen and oxygen atoms in total. The predicted octanol–water partition coefficient (Wildman–Crippen LogP) is 2.69. The quantitative estimate of drug-likeness (QED) is 0.751. The van der Waals surface area contributed by atoms with Crippen LogP contribution in [0.5, 0.6) is 11.6 Å². The summed E-state index contributed by atoms with van der Waals surface area (Å²) in [4.78, 5) is 2.33. The third-order valence-corrected chi connectivity index (χ3v) is 6.02. The second kappa shape index (κ2) is 7.90. The Morgan fingerprint density at radius 1 is 1.19 bits per heavy atom. The maximum Gasteiger partial charge on any atom is 0.250 e. The summed E-state index contributed by atoms with van der Waals surface area (Å²) in [6.45, 7) is 2.33. The molecule has 0 spiro atoms. The van der Waals surface area contributed by atoms with Gasteiger partial charge in [0.25, 0.3) is 5.88 Å². The molecule has 1 N–H and O–H groups in total. The highest BCUT2D eigenvalue weighted by Crippen LogP contribution is 2.41. The Hall–Kier alpha value is -1.70. The van der Waals surface area contributed by atoms with E-state index in [1.165, 1.54) is 17.3 Å². The summed E-state index contributed by atoms with van der Waals surface area (Å²) >= 11 is 1.22. The van der Waals surface area contributed by atoms with E-state index < -0.39 is 0 Å². The number of hydrogen-bond donors (Lipinski definition) is 1. The first-order valence-electron chi connectivity index (χ1n) is 9.25. The number of aryl methyl sites for hydroxylation is 1. The van der Waals surface area contributed by atoms with Crippen LogP contribution in [0.3, 0.4) is 0 Å². The topological polar surface area (TPSA) is 67.7 Å². The number of aliphatic hydroxyl groups is 1. The minimum Gasteiger partial charge on any atom is -0.497 e. The van der Waals surface area contributed by atoms with Crippen LogP contribution in [-0.4, -0.2) is 51.7 Å². The second-order valence-electron chi connectivity index (χ2n) is 7.13. The fourth-order valence-electron chi connectivity index (χ4n) is 4.02. The molecule has 3 heterocycles. The highest BCUT2D eigenvalue weighted by atomic mass is 32.1. The molecule has 4 rings (SSSR count). The third kappa shape index (κ3) is 3.70. The molecule has 0 amide bonds. The summed E-state index contributed by atoms with van der Waals surface area (Å²) in [5.74, 6) is 1.98. The van der Waals surface area contributed by atoms with E-state index >= 15 is 0 Å². The van der Waals surface area contributed by atoms with E-state index in [4.69, 9.17) is 9.47 Å². The maximum atomic E-state index is 10.1. The minimum absolute atomic E-state index is 0.194. The van der Waals surface area contributed by atoms with Gasteiger partial charge in [0.15, 0.2) is 0 Å². The normalized spacial score (nSPS) is 27.5. The van der Waals surface area contributed by atoms with E-state index in [-0.39, 0.29) is 12.1 Å². The number of hydrogen-bond acceptors (Lipinski definition) is 7. The Morgan fingerprint density at radius 2 is 2.04 bits per heavy atom. The number of aliphatic hydroxyl groups excluding tert-OH is 1. The minimum atomic E-state index is -0.194. The van der Waals surface area contributed by atoms with Crippen molar-refractivity contribution in [1.82, 2.24) is 13.6 Å². The molecule has 2 aromatic rings. The van der Waals surface area contributed by atoms with Gasteiger partial charge in [-0.25, -0.2) is 0 Å². The summed E-state index contributed by atoms with van der Waals surface area (Å²) in [6, 6.07) is 8.38. The van der Waals surface area contributed by atoms with Gasteiger partial charge in [-0.05, 0) is 49.3 Å². The van der Waals surface area contributed by atoms with Gasteiger partial charge in [-0.2, -0.15) is 4.37 Å². The van der Waals surface area contributed by atoms with Crippen molar-refractivity contribution >= 4 is 11.7 Å². The lowest BCUT2D eigenvalue weighted by Crippen LogP contribution is -2.31. The first kappa shape index (κ1) is 17.7.